The molecule has 2 heterocycles. The van der Waals surface area contributed by atoms with E-state index in [0.717, 1.165) is 35.6 Å². The van der Waals surface area contributed by atoms with Gasteiger partial charge in [-0.2, -0.15) is 0 Å². The van der Waals surface area contributed by atoms with Crippen molar-refractivity contribution >= 4 is 88.6 Å². The number of carboxylic acid groups (broad SMARTS) is 1. The fraction of sp³-hybridized carbons (Fsp3) is 0.476. The Hall–Kier alpha value is -7.26. The molecule has 2 aliphatic rings. The Kier molecular flexibility index (Phi) is 29.1. The van der Waals surface area contributed by atoms with Gasteiger partial charge in [0.05, 0.1) is 6.61 Å². The van der Waals surface area contributed by atoms with E-state index in [9.17, 15) is 29.1 Å². The van der Waals surface area contributed by atoms with E-state index >= 15 is 19.2 Å². The van der Waals surface area contributed by atoms with Crippen LogP contribution in [0.2, 0.25) is 0 Å². The molecule has 0 aliphatic carbocycles. The smallest absolute Gasteiger partial charge is 0.429 e. The van der Waals surface area contributed by atoms with Gasteiger partial charge in [-0.15, -0.1) is 0 Å². The monoisotopic (exact) mass is 1390 g/mol. The number of rotatable bonds is 26. The van der Waals surface area contributed by atoms with E-state index in [1.807, 2.05) is 30.3 Å². The Morgan fingerprint density at radius 2 is 1.10 bits per heavy atom. The van der Waals surface area contributed by atoms with Crippen LogP contribution in [-0.2, 0) is 83.7 Å². The van der Waals surface area contributed by atoms with Crippen molar-refractivity contribution in [1.29, 1.82) is 0 Å². The maximum atomic E-state index is 16.0. The lowest BCUT2D eigenvalue weighted by atomic mass is 9.96. The number of likely N-dealkylation sites (N-methyl/N-ethyl adjacent to an activating group) is 1. The van der Waals surface area contributed by atoms with Crippen molar-refractivity contribution in [2.24, 2.45) is 11.8 Å². The lowest BCUT2D eigenvalue weighted by molar-refractivity contribution is -0.427. The van der Waals surface area contributed by atoms with E-state index in [-0.39, 0.29) is 94.5 Å². The van der Waals surface area contributed by atoms with Gasteiger partial charge in [-0.25, -0.2) is 49.1 Å². The molecule has 0 aromatic heterocycles. The Morgan fingerprint density at radius 1 is 0.648 bits per heavy atom. The van der Waals surface area contributed by atoms with Crippen LogP contribution >= 0.6 is 34.8 Å². The number of hydrogen-bond donors (Lipinski definition) is 3. The summed E-state index contributed by atoms with van der Waals surface area (Å²) in [5.41, 5.74) is 6.52. The number of ether oxygens (including phenoxy) is 5. The number of halogens is 4. The topological polar surface area (TPSA) is 288 Å². The minimum atomic E-state index is -2.14. The predicted molar refractivity (Wildman–Crippen MR) is 328 cm³/mol. The molecule has 5 N–H and O–H groups in total. The summed E-state index contributed by atoms with van der Waals surface area (Å²) in [6.45, 7) is 7.68. The summed E-state index contributed by atoms with van der Waals surface area (Å²) in [6, 6.07) is 25.2. The zero-order chi connectivity index (χ0) is 65.8. The molecule has 24 nitrogen and oxygen atoms in total. The number of nitrogens with one attached hydrogen (secondary N) is 1. The van der Waals surface area contributed by atoms with E-state index in [2.05, 4.69) is 11.1 Å². The van der Waals surface area contributed by atoms with Gasteiger partial charge in [-0.3, -0.25) is 24.0 Å². The molecule has 6 rings (SSSR count). The molecule has 0 saturated carbocycles. The minimum absolute atomic E-state index is 0. The summed E-state index contributed by atoms with van der Waals surface area (Å²) >= 11 is 17.9. The molecular formula is C63H80BrCl3N8O16. The average molecular weight is 1390 g/mol. The standard InChI is InChI=1S/C63H79Cl3N8O16.BrH/c1-40(2)34-50(55(76)73-49(58(79)80)31-21-33-71(73)62(84)87-37-46-26-16-10-17-27-46)69(7)54(75)42(5)74(89-38-47-28-18-11-19-29-47)56(77)48-30-20-32-70(61(83)86-36-45-24-14-9-15-25-45)72(48)57(78)52(68-60(82)88-39-63(64,65)66)53(41(3)4)90-59(81)51(67)43(6)85-35-44-22-12-8-13-23-44;/h8-19,22-29,40-43,48-53H,20-21,30-39,67H2,1-7H3,(H,68,82)(H,79,80);1H/t42-,43-,48+,49-,50+,51+,52-,53-;/m0./s1. The first-order valence-corrected chi connectivity index (χ1v) is 30.7. The quantitative estimate of drug-likeness (QED) is 0.0334. The SMILES string of the molecule is CC(C)C[C@H](C(=O)N1[C@H](C(=O)O)CCCN1C(=O)OCc1ccccc1)N(C)C(=O)[C@H](C)N(OCc1ccccc1)C(=O)[C@H]1CCCN(C(=O)OCc2ccccc2)N1C(=O)[C@@H](NC(=O)OCC(Cl)(Cl)Cl)[C@@H](OC(=O)[C@H]([NH3+])[C@H](C)OCc1ccccc1)C(C)C.[Br-]. The van der Waals surface area contributed by atoms with Gasteiger partial charge < -0.3 is 61.7 Å². The number of carbonyl (C=O) groups is 9. The first-order chi connectivity index (χ1) is 42.8. The summed E-state index contributed by atoms with van der Waals surface area (Å²) in [5.74, 6) is -7.71. The number of benzene rings is 4. The Balaban J connectivity index is 0.0000150. The summed E-state index contributed by atoms with van der Waals surface area (Å²) in [7, 11) is 1.29. The number of quaternary nitrogens is 1. The molecule has 7 amide bonds. The van der Waals surface area contributed by atoms with Crippen LogP contribution in [0.3, 0.4) is 0 Å². The van der Waals surface area contributed by atoms with E-state index in [0.29, 0.717) is 16.7 Å². The third-order valence-electron chi connectivity index (χ3n) is 15.0. The highest BCUT2D eigenvalue weighted by Gasteiger charge is 2.51. The molecule has 0 bridgehead atoms. The van der Waals surface area contributed by atoms with Crippen LogP contribution in [0.4, 0.5) is 14.4 Å². The summed E-state index contributed by atoms with van der Waals surface area (Å²) in [5, 5.41) is 17.1. The highest BCUT2D eigenvalue weighted by atomic mass is 79.9. The van der Waals surface area contributed by atoms with Crippen molar-refractivity contribution in [1.82, 2.24) is 35.3 Å². The number of carbonyl (C=O) groups excluding carboxylic acids is 8. The second-order valence-electron chi connectivity index (χ2n) is 22.6. The molecule has 28 heteroatoms. The first-order valence-electron chi connectivity index (χ1n) is 29.6. The number of hydrogen-bond acceptors (Lipinski definition) is 15. The summed E-state index contributed by atoms with van der Waals surface area (Å²) in [6.07, 6.45) is -6.08. The van der Waals surface area contributed by atoms with Gasteiger partial charge in [-0.1, -0.05) is 184 Å². The average Bonchev–Trinajstić information content (AvgIpc) is 1.05. The molecule has 2 saturated heterocycles. The molecular weight excluding hydrogens is 1310 g/mol. The summed E-state index contributed by atoms with van der Waals surface area (Å²) in [4.78, 5) is 140. The fourth-order valence-electron chi connectivity index (χ4n) is 10.1. The van der Waals surface area contributed by atoms with Crippen LogP contribution in [-0.4, -0.2) is 168 Å². The zero-order valence-electron chi connectivity index (χ0n) is 51.8. The lowest BCUT2D eigenvalue weighted by Crippen LogP contribution is -3.00. The normalized spacial score (nSPS) is 17.0. The molecule has 8 atom stereocenters. The number of esters is 1. The number of aliphatic carboxylic acids is 1. The van der Waals surface area contributed by atoms with Crippen LogP contribution in [0.5, 0.6) is 0 Å². The number of alkyl carbamates (subject to hydrolysis) is 1. The van der Waals surface area contributed by atoms with Crippen molar-refractivity contribution < 1.29 is 99.5 Å². The van der Waals surface area contributed by atoms with E-state index < -0.39 is 119 Å². The van der Waals surface area contributed by atoms with Crippen LogP contribution in [0.15, 0.2) is 121 Å². The molecule has 0 unspecified atom stereocenters. The molecule has 2 fully saturated rings. The van der Waals surface area contributed by atoms with Gasteiger partial charge in [0.1, 0.15) is 56.8 Å². The van der Waals surface area contributed by atoms with Crippen molar-refractivity contribution in [2.45, 2.75) is 152 Å². The number of hydrazine groups is 2. The molecule has 91 heavy (non-hydrogen) atoms. The summed E-state index contributed by atoms with van der Waals surface area (Å²) < 4.78 is 26.6. The second-order valence-corrected chi connectivity index (χ2v) is 25.1. The van der Waals surface area contributed by atoms with Gasteiger partial charge in [0.15, 0.2) is 12.1 Å². The van der Waals surface area contributed by atoms with Crippen LogP contribution < -0.4 is 28.0 Å². The van der Waals surface area contributed by atoms with Crippen molar-refractivity contribution in [3.63, 3.8) is 0 Å². The lowest BCUT2D eigenvalue weighted by Gasteiger charge is -2.46. The van der Waals surface area contributed by atoms with Crippen molar-refractivity contribution in [3.05, 3.63) is 144 Å². The predicted octanol–water partition coefficient (Wildman–Crippen LogP) is 4.64. The van der Waals surface area contributed by atoms with Gasteiger partial charge >= 0.3 is 30.2 Å². The number of carboxylic acids is 1. The molecule has 2 aliphatic heterocycles. The second kappa shape index (κ2) is 35.5. The van der Waals surface area contributed by atoms with E-state index in [1.165, 1.54) is 14.0 Å². The Labute approximate surface area is 555 Å². The number of nitrogens with zero attached hydrogens (tertiary/aromatic N) is 6. The largest absolute Gasteiger partial charge is 1.00 e. The van der Waals surface area contributed by atoms with E-state index in [4.69, 9.17) is 63.3 Å². The molecule has 0 radical (unpaired) electrons. The van der Waals surface area contributed by atoms with Crippen LogP contribution in [0.25, 0.3) is 0 Å². The van der Waals surface area contributed by atoms with Crippen molar-refractivity contribution in [2.75, 3.05) is 26.7 Å². The first kappa shape index (κ1) is 74.5. The van der Waals surface area contributed by atoms with Gasteiger partial charge in [0.2, 0.25) is 15.7 Å². The maximum absolute atomic E-state index is 16.0. The van der Waals surface area contributed by atoms with Crippen LogP contribution in [0.1, 0.15) is 95.9 Å². The molecule has 4 aromatic rings. The van der Waals surface area contributed by atoms with Crippen molar-refractivity contribution in [3.8, 4) is 0 Å². The molecule has 496 valence electrons. The Morgan fingerprint density at radius 3 is 1.55 bits per heavy atom. The number of hydroxylamine groups is 2. The highest BCUT2D eigenvalue weighted by Crippen LogP contribution is 2.30. The van der Waals surface area contributed by atoms with Gasteiger partial charge in [-0.05, 0) is 80.0 Å². The third-order valence-corrected chi connectivity index (χ3v) is 15.3. The van der Waals surface area contributed by atoms with Gasteiger partial charge in [0.25, 0.3) is 17.7 Å². The van der Waals surface area contributed by atoms with Crippen LogP contribution in [0, 0.1) is 11.8 Å². The molecule has 4 aromatic carbocycles. The maximum Gasteiger partial charge on any atom is 0.429 e. The molecule has 0 spiro atoms. The van der Waals surface area contributed by atoms with Gasteiger partial charge in [0, 0.05) is 20.1 Å². The third kappa shape index (κ3) is 21.4. The minimum Gasteiger partial charge on any atom is -1.00 e. The Bertz CT molecular complexity index is 3050. The highest BCUT2D eigenvalue weighted by molar-refractivity contribution is 6.67. The fourth-order valence-corrected chi connectivity index (χ4v) is 10.2. The van der Waals surface area contributed by atoms with E-state index in [1.54, 1.807) is 126 Å². The zero-order valence-corrected chi connectivity index (χ0v) is 55.6. The number of amides is 7. The number of alkyl halides is 3.